The van der Waals surface area contributed by atoms with Crippen molar-refractivity contribution >= 4 is 0 Å². The second-order valence-corrected chi connectivity index (χ2v) is 11.5. The molecule has 0 aliphatic rings. The highest BCUT2D eigenvalue weighted by atomic mass is 15.2. The van der Waals surface area contributed by atoms with Crippen molar-refractivity contribution in [2.24, 2.45) is 34.4 Å². The maximum Gasteiger partial charge on any atom is 0.0110 e. The zero-order valence-corrected chi connectivity index (χ0v) is 28.0. The Morgan fingerprint density at radius 2 is 0.581 bits per heavy atom. The molecule has 0 atom stereocenters. The molecule has 43 heavy (non-hydrogen) atoms. The van der Waals surface area contributed by atoms with E-state index < -0.39 is 0 Å². The Morgan fingerprint density at radius 3 is 0.930 bits per heavy atom. The van der Waals surface area contributed by atoms with E-state index in [1.165, 1.54) is 25.7 Å². The lowest BCUT2D eigenvalue weighted by Gasteiger charge is -2.30. The summed E-state index contributed by atoms with van der Waals surface area (Å²) in [6.45, 7) is 22.3. The minimum atomic E-state index is 0.670. The van der Waals surface area contributed by atoms with Gasteiger partial charge in [0.15, 0.2) is 0 Å². The summed E-state index contributed by atoms with van der Waals surface area (Å²) in [7, 11) is 0. The van der Waals surface area contributed by atoms with E-state index in [4.69, 9.17) is 34.4 Å². The van der Waals surface area contributed by atoms with Crippen molar-refractivity contribution in [2.45, 2.75) is 38.5 Å². The quantitative estimate of drug-likeness (QED) is 0.0323. The van der Waals surface area contributed by atoms with Gasteiger partial charge in [0, 0.05) is 131 Å². The highest BCUT2D eigenvalue weighted by Gasteiger charge is 2.12. The molecule has 13 heteroatoms. The minimum absolute atomic E-state index is 0.670. The third-order valence-electron chi connectivity index (χ3n) is 7.77. The van der Waals surface area contributed by atoms with Crippen LogP contribution in [-0.4, -0.2) is 177 Å². The number of unbranched alkanes of at least 4 members (excludes halogenated alkanes) is 4. The molecule has 0 aliphatic carbocycles. The molecule has 0 saturated carbocycles. The van der Waals surface area contributed by atoms with Crippen LogP contribution >= 0.6 is 0 Å². The zero-order valence-electron chi connectivity index (χ0n) is 28.0. The maximum absolute atomic E-state index is 5.78. The SMILES string of the molecule is NCCCCCN(CCNCCN)CCN(CCCCCN)CCN(CCNCCN)CCNCCN(CCN)CCN. The van der Waals surface area contributed by atoms with Crippen LogP contribution < -0.4 is 50.4 Å². The average molecular weight is 618 g/mol. The van der Waals surface area contributed by atoms with Crippen LogP contribution in [0.15, 0.2) is 0 Å². The van der Waals surface area contributed by atoms with Gasteiger partial charge in [-0.15, -0.1) is 0 Å². The third-order valence-corrected chi connectivity index (χ3v) is 7.77. The lowest BCUT2D eigenvalue weighted by Crippen LogP contribution is -2.45. The highest BCUT2D eigenvalue weighted by molar-refractivity contribution is 4.70. The summed E-state index contributed by atoms with van der Waals surface area (Å²) >= 11 is 0. The molecule has 15 N–H and O–H groups in total. The van der Waals surface area contributed by atoms with E-state index in [0.29, 0.717) is 26.2 Å². The van der Waals surface area contributed by atoms with Crippen LogP contribution in [0.1, 0.15) is 38.5 Å². The first kappa shape index (κ1) is 42.5. The van der Waals surface area contributed by atoms with Crippen LogP contribution in [0.4, 0.5) is 0 Å². The molecule has 0 aromatic carbocycles. The molecule has 0 heterocycles. The molecule has 0 radical (unpaired) electrons. The van der Waals surface area contributed by atoms with Gasteiger partial charge >= 0.3 is 0 Å². The summed E-state index contributed by atoms with van der Waals surface area (Å²) in [6, 6.07) is 0. The van der Waals surface area contributed by atoms with Crippen LogP contribution in [-0.2, 0) is 0 Å². The van der Waals surface area contributed by atoms with Gasteiger partial charge in [0.1, 0.15) is 0 Å². The van der Waals surface area contributed by atoms with Crippen molar-refractivity contribution in [1.82, 2.24) is 35.6 Å². The largest absolute Gasteiger partial charge is 0.330 e. The smallest absolute Gasteiger partial charge is 0.0110 e. The van der Waals surface area contributed by atoms with Gasteiger partial charge in [0.2, 0.25) is 0 Å². The van der Waals surface area contributed by atoms with E-state index >= 15 is 0 Å². The summed E-state index contributed by atoms with van der Waals surface area (Å²) in [5.41, 5.74) is 34.4. The van der Waals surface area contributed by atoms with Gasteiger partial charge in [-0.25, -0.2) is 0 Å². The number of nitrogens with two attached hydrogens (primary N) is 6. The first-order valence-electron chi connectivity index (χ1n) is 17.4. The molecule has 0 rings (SSSR count). The van der Waals surface area contributed by atoms with Crippen molar-refractivity contribution in [1.29, 1.82) is 0 Å². The summed E-state index contributed by atoms with van der Waals surface area (Å²) < 4.78 is 0. The summed E-state index contributed by atoms with van der Waals surface area (Å²) in [5.74, 6) is 0. The monoisotopic (exact) mass is 618 g/mol. The van der Waals surface area contributed by atoms with Gasteiger partial charge in [0.25, 0.3) is 0 Å². The maximum atomic E-state index is 5.78. The summed E-state index contributed by atoms with van der Waals surface area (Å²) in [5, 5.41) is 10.6. The van der Waals surface area contributed by atoms with Crippen LogP contribution in [0, 0.1) is 0 Å². The standard InChI is InChI=1S/C30H75N13/c31-7-3-1-5-19-40(23-15-37-13-9-33)27-28-41(20-6-2-4-8-32)29-30-43(25-16-38-14-10-34)26-18-39-17-24-42(21-11-35)22-12-36/h37-39H,1-36H2. The van der Waals surface area contributed by atoms with Crippen LogP contribution in [0.3, 0.4) is 0 Å². The van der Waals surface area contributed by atoms with E-state index in [2.05, 4.69) is 35.6 Å². The van der Waals surface area contributed by atoms with Crippen molar-refractivity contribution < 1.29 is 0 Å². The molecule has 0 unspecified atom stereocenters. The number of rotatable bonds is 36. The van der Waals surface area contributed by atoms with Crippen LogP contribution in [0.2, 0.25) is 0 Å². The van der Waals surface area contributed by atoms with Crippen LogP contribution in [0.5, 0.6) is 0 Å². The van der Waals surface area contributed by atoms with Gasteiger partial charge in [-0.1, -0.05) is 12.8 Å². The molecular formula is C30H75N13. The molecule has 0 aromatic heterocycles. The van der Waals surface area contributed by atoms with E-state index in [1.807, 2.05) is 0 Å². The molecule has 0 aliphatic heterocycles. The number of nitrogens with one attached hydrogen (secondary N) is 3. The predicted octanol–water partition coefficient (Wildman–Crippen LogP) is -2.94. The van der Waals surface area contributed by atoms with Crippen molar-refractivity contribution in [3.8, 4) is 0 Å². The molecule has 0 saturated heterocycles. The molecule has 0 bridgehead atoms. The molecule has 13 nitrogen and oxygen atoms in total. The second-order valence-electron chi connectivity index (χ2n) is 11.5. The van der Waals surface area contributed by atoms with Crippen LogP contribution in [0.25, 0.3) is 0 Å². The number of hydrogen-bond acceptors (Lipinski definition) is 13. The molecular weight excluding hydrogens is 542 g/mol. The molecule has 0 fully saturated rings. The van der Waals surface area contributed by atoms with E-state index in [9.17, 15) is 0 Å². The normalized spacial score (nSPS) is 12.1. The van der Waals surface area contributed by atoms with Gasteiger partial charge in [0.05, 0.1) is 0 Å². The fourth-order valence-corrected chi connectivity index (χ4v) is 5.11. The third kappa shape index (κ3) is 28.7. The Kier molecular flexibility index (Phi) is 33.9. The van der Waals surface area contributed by atoms with E-state index in [0.717, 1.165) is 144 Å². The minimum Gasteiger partial charge on any atom is -0.330 e. The fourth-order valence-electron chi connectivity index (χ4n) is 5.11. The Hall–Kier alpha value is -0.520. The van der Waals surface area contributed by atoms with E-state index in [1.54, 1.807) is 0 Å². The lowest BCUT2D eigenvalue weighted by atomic mass is 10.2. The number of hydrogen-bond donors (Lipinski definition) is 9. The number of nitrogens with zero attached hydrogens (tertiary/aromatic N) is 4. The highest BCUT2D eigenvalue weighted by Crippen LogP contribution is 2.03. The Bertz CT molecular complexity index is 514. The molecule has 0 amide bonds. The molecule has 260 valence electrons. The summed E-state index contributed by atoms with van der Waals surface area (Å²) in [4.78, 5) is 10.2. The second kappa shape index (κ2) is 34.4. The van der Waals surface area contributed by atoms with Gasteiger partial charge in [-0.2, -0.15) is 0 Å². The van der Waals surface area contributed by atoms with Crippen molar-refractivity contribution in [3.63, 3.8) is 0 Å². The zero-order chi connectivity index (χ0) is 31.6. The van der Waals surface area contributed by atoms with Gasteiger partial charge in [-0.3, -0.25) is 9.80 Å². The average Bonchev–Trinajstić information content (AvgIpc) is 3.01. The first-order chi connectivity index (χ1) is 21.1. The van der Waals surface area contributed by atoms with Gasteiger partial charge < -0.3 is 60.2 Å². The molecule has 0 spiro atoms. The van der Waals surface area contributed by atoms with E-state index in [-0.39, 0.29) is 0 Å². The summed E-state index contributed by atoms with van der Waals surface area (Å²) in [6.07, 6.45) is 7.01. The Labute approximate surface area is 265 Å². The van der Waals surface area contributed by atoms with Gasteiger partial charge in [-0.05, 0) is 51.9 Å². The lowest BCUT2D eigenvalue weighted by molar-refractivity contribution is 0.172. The Balaban J connectivity index is 4.99. The first-order valence-corrected chi connectivity index (χ1v) is 17.4. The predicted molar refractivity (Wildman–Crippen MR) is 186 cm³/mol. The van der Waals surface area contributed by atoms with Crippen molar-refractivity contribution in [2.75, 3.05) is 157 Å². The topological polar surface area (TPSA) is 205 Å². The molecule has 0 aromatic rings. The fraction of sp³-hybridized carbons (Fsp3) is 1.00. The Morgan fingerprint density at radius 1 is 0.256 bits per heavy atom. The van der Waals surface area contributed by atoms with Crippen molar-refractivity contribution in [3.05, 3.63) is 0 Å².